The van der Waals surface area contributed by atoms with Crippen molar-refractivity contribution < 1.29 is 14.3 Å². The molecule has 1 N–H and O–H groups in total. The third kappa shape index (κ3) is 5.50. The topological polar surface area (TPSA) is 71.3 Å². The highest BCUT2D eigenvalue weighted by Gasteiger charge is 2.19. The molecule has 0 unspecified atom stereocenters. The summed E-state index contributed by atoms with van der Waals surface area (Å²) in [6.07, 6.45) is 7.79. The largest absolute Gasteiger partial charge is 0.493 e. The zero-order chi connectivity index (χ0) is 18.9. The SMILES string of the molecule is CCCCOc1c(Br)cc(/C=C(\C#N)C(=O)NC2CCCC2)cc1OC. The Balaban J connectivity index is 2.19. The van der Waals surface area contributed by atoms with Crippen molar-refractivity contribution in [2.75, 3.05) is 13.7 Å². The third-order valence-electron chi connectivity index (χ3n) is 4.36. The number of nitriles is 1. The van der Waals surface area contributed by atoms with Crippen LogP contribution in [0.25, 0.3) is 6.08 Å². The number of halogens is 1. The van der Waals surface area contributed by atoms with Gasteiger partial charge < -0.3 is 14.8 Å². The van der Waals surface area contributed by atoms with Crippen molar-refractivity contribution in [1.29, 1.82) is 5.26 Å². The van der Waals surface area contributed by atoms with Gasteiger partial charge in [0.25, 0.3) is 5.91 Å². The Morgan fingerprint density at radius 3 is 2.77 bits per heavy atom. The van der Waals surface area contributed by atoms with Crippen LogP contribution in [-0.2, 0) is 4.79 Å². The van der Waals surface area contributed by atoms with Crippen LogP contribution in [0.15, 0.2) is 22.2 Å². The molecule has 0 aliphatic heterocycles. The van der Waals surface area contributed by atoms with Crippen LogP contribution in [0.1, 0.15) is 51.0 Å². The van der Waals surface area contributed by atoms with Gasteiger partial charge in [-0.3, -0.25) is 4.79 Å². The van der Waals surface area contributed by atoms with Crippen molar-refractivity contribution in [1.82, 2.24) is 5.32 Å². The first-order valence-corrected chi connectivity index (χ1v) is 9.81. The van der Waals surface area contributed by atoms with Gasteiger partial charge in [0, 0.05) is 6.04 Å². The lowest BCUT2D eigenvalue weighted by molar-refractivity contribution is -0.117. The maximum atomic E-state index is 12.3. The van der Waals surface area contributed by atoms with Gasteiger partial charge in [-0.05, 0) is 59.0 Å². The summed E-state index contributed by atoms with van der Waals surface area (Å²) in [5.74, 6) is 0.875. The monoisotopic (exact) mass is 420 g/mol. The van der Waals surface area contributed by atoms with Crippen LogP contribution >= 0.6 is 15.9 Å². The van der Waals surface area contributed by atoms with Gasteiger partial charge in [0.15, 0.2) is 11.5 Å². The van der Waals surface area contributed by atoms with Gasteiger partial charge in [0.05, 0.1) is 18.2 Å². The first kappa shape index (κ1) is 20.3. The van der Waals surface area contributed by atoms with Crippen LogP contribution in [0.4, 0.5) is 0 Å². The van der Waals surface area contributed by atoms with Crippen LogP contribution in [0.3, 0.4) is 0 Å². The molecule has 1 fully saturated rings. The van der Waals surface area contributed by atoms with Crippen molar-refractivity contribution in [3.8, 4) is 17.6 Å². The van der Waals surface area contributed by atoms with E-state index in [1.807, 2.05) is 12.1 Å². The molecule has 140 valence electrons. The Labute approximate surface area is 163 Å². The van der Waals surface area contributed by atoms with Crippen molar-refractivity contribution in [2.45, 2.75) is 51.5 Å². The summed E-state index contributed by atoms with van der Waals surface area (Å²) in [4.78, 5) is 12.3. The van der Waals surface area contributed by atoms with E-state index in [1.54, 1.807) is 19.3 Å². The van der Waals surface area contributed by atoms with Crippen LogP contribution in [0, 0.1) is 11.3 Å². The Morgan fingerprint density at radius 2 is 2.15 bits per heavy atom. The number of nitrogens with one attached hydrogen (secondary N) is 1. The first-order valence-electron chi connectivity index (χ1n) is 9.02. The summed E-state index contributed by atoms with van der Waals surface area (Å²) in [5, 5.41) is 12.3. The molecule has 0 aromatic heterocycles. The highest BCUT2D eigenvalue weighted by Crippen LogP contribution is 2.37. The number of unbranched alkanes of at least 4 members (excludes halogenated alkanes) is 1. The number of hydrogen-bond donors (Lipinski definition) is 1. The summed E-state index contributed by atoms with van der Waals surface area (Å²) in [7, 11) is 1.57. The molecule has 6 heteroatoms. The summed E-state index contributed by atoms with van der Waals surface area (Å²) < 4.78 is 11.9. The Kier molecular flexibility index (Phi) is 7.99. The fourth-order valence-corrected chi connectivity index (χ4v) is 3.50. The predicted octanol–water partition coefficient (Wildman–Crippen LogP) is 4.60. The fraction of sp³-hybridized carbons (Fsp3) is 0.500. The van der Waals surface area contributed by atoms with E-state index in [0.29, 0.717) is 23.7 Å². The van der Waals surface area contributed by atoms with Gasteiger partial charge >= 0.3 is 0 Å². The number of amides is 1. The molecule has 0 radical (unpaired) electrons. The minimum absolute atomic E-state index is 0.0884. The van der Waals surface area contributed by atoms with Gasteiger partial charge in [-0.1, -0.05) is 26.2 Å². The van der Waals surface area contributed by atoms with Gasteiger partial charge in [0.1, 0.15) is 11.6 Å². The number of methoxy groups -OCH3 is 1. The second kappa shape index (κ2) is 10.2. The molecule has 1 aromatic carbocycles. The Hall–Kier alpha value is -2.00. The van der Waals surface area contributed by atoms with Crippen LogP contribution < -0.4 is 14.8 Å². The van der Waals surface area contributed by atoms with Crippen molar-refractivity contribution in [2.24, 2.45) is 0 Å². The summed E-state index contributed by atoms with van der Waals surface area (Å²) in [6.45, 7) is 2.71. The number of carbonyl (C=O) groups excluding carboxylic acids is 1. The summed E-state index contributed by atoms with van der Waals surface area (Å²) in [5.41, 5.74) is 0.792. The number of ether oxygens (including phenoxy) is 2. The highest BCUT2D eigenvalue weighted by atomic mass is 79.9. The van der Waals surface area contributed by atoms with Gasteiger partial charge in [0.2, 0.25) is 0 Å². The average Bonchev–Trinajstić information content (AvgIpc) is 3.13. The lowest BCUT2D eigenvalue weighted by Gasteiger charge is -2.14. The Morgan fingerprint density at radius 1 is 1.42 bits per heavy atom. The van der Waals surface area contributed by atoms with E-state index in [0.717, 1.165) is 43.0 Å². The molecule has 1 aliphatic carbocycles. The second-order valence-corrected chi connectivity index (χ2v) is 7.22. The van der Waals surface area contributed by atoms with Crippen molar-refractivity contribution >= 4 is 27.9 Å². The smallest absolute Gasteiger partial charge is 0.262 e. The average molecular weight is 421 g/mol. The number of carbonyl (C=O) groups is 1. The maximum absolute atomic E-state index is 12.3. The first-order chi connectivity index (χ1) is 12.6. The molecule has 2 rings (SSSR count). The van der Waals surface area contributed by atoms with E-state index in [9.17, 15) is 10.1 Å². The minimum Gasteiger partial charge on any atom is -0.493 e. The molecule has 1 aromatic rings. The molecule has 1 amide bonds. The number of benzene rings is 1. The zero-order valence-corrected chi connectivity index (χ0v) is 16.9. The number of rotatable bonds is 8. The molecule has 0 spiro atoms. The summed E-state index contributed by atoms with van der Waals surface area (Å²) in [6, 6.07) is 5.77. The fourth-order valence-electron chi connectivity index (χ4n) is 2.93. The quantitative estimate of drug-likeness (QED) is 0.378. The van der Waals surface area contributed by atoms with Crippen molar-refractivity contribution in [3.05, 3.63) is 27.7 Å². The molecule has 1 aliphatic rings. The Bertz CT molecular complexity index is 704. The molecule has 5 nitrogen and oxygen atoms in total. The van der Waals surface area contributed by atoms with E-state index >= 15 is 0 Å². The van der Waals surface area contributed by atoms with E-state index in [1.165, 1.54) is 0 Å². The second-order valence-electron chi connectivity index (χ2n) is 6.36. The normalized spacial score (nSPS) is 14.8. The molecular formula is C20H25BrN2O3. The van der Waals surface area contributed by atoms with Crippen LogP contribution in [-0.4, -0.2) is 25.7 Å². The highest BCUT2D eigenvalue weighted by molar-refractivity contribution is 9.10. The van der Waals surface area contributed by atoms with Crippen LogP contribution in [0.5, 0.6) is 11.5 Å². The van der Waals surface area contributed by atoms with E-state index in [2.05, 4.69) is 28.2 Å². The molecule has 26 heavy (non-hydrogen) atoms. The lowest BCUT2D eigenvalue weighted by Crippen LogP contribution is -2.33. The van der Waals surface area contributed by atoms with Gasteiger partial charge in [-0.25, -0.2) is 0 Å². The molecule has 0 bridgehead atoms. The molecular weight excluding hydrogens is 396 g/mol. The molecule has 1 saturated carbocycles. The van der Waals surface area contributed by atoms with Crippen LogP contribution in [0.2, 0.25) is 0 Å². The van der Waals surface area contributed by atoms with Crippen molar-refractivity contribution in [3.63, 3.8) is 0 Å². The molecule has 0 atom stereocenters. The third-order valence-corrected chi connectivity index (χ3v) is 4.95. The minimum atomic E-state index is -0.322. The van der Waals surface area contributed by atoms with Gasteiger partial charge in [-0.15, -0.1) is 0 Å². The standard InChI is InChI=1S/C20H25BrN2O3/c1-3-4-9-26-19-17(21)11-14(12-18(19)25-2)10-15(13-22)20(24)23-16-7-5-6-8-16/h10-12,16H,3-9H2,1-2H3,(H,23,24)/b15-10+. The summed E-state index contributed by atoms with van der Waals surface area (Å²) >= 11 is 3.49. The molecule has 0 saturated heterocycles. The maximum Gasteiger partial charge on any atom is 0.262 e. The zero-order valence-electron chi connectivity index (χ0n) is 15.3. The van der Waals surface area contributed by atoms with E-state index in [4.69, 9.17) is 9.47 Å². The van der Waals surface area contributed by atoms with E-state index in [-0.39, 0.29) is 17.5 Å². The molecule has 0 heterocycles. The predicted molar refractivity (Wildman–Crippen MR) is 105 cm³/mol. The van der Waals surface area contributed by atoms with E-state index < -0.39 is 0 Å². The van der Waals surface area contributed by atoms with Gasteiger partial charge in [-0.2, -0.15) is 5.26 Å². The number of hydrogen-bond acceptors (Lipinski definition) is 4. The number of nitrogens with zero attached hydrogens (tertiary/aromatic N) is 1. The lowest BCUT2D eigenvalue weighted by atomic mass is 10.1.